The van der Waals surface area contributed by atoms with Crippen molar-refractivity contribution in [2.75, 3.05) is 6.54 Å². The second-order valence-electron chi connectivity index (χ2n) is 4.19. The van der Waals surface area contributed by atoms with E-state index in [4.69, 9.17) is 5.26 Å². The summed E-state index contributed by atoms with van der Waals surface area (Å²) in [6, 6.07) is 1.73. The van der Waals surface area contributed by atoms with Crippen molar-refractivity contribution in [3.63, 3.8) is 0 Å². The number of urea groups is 1. The molecule has 0 saturated carbocycles. The zero-order chi connectivity index (χ0) is 12.2. The zero-order valence-corrected chi connectivity index (χ0v) is 9.75. The Morgan fingerprint density at radius 3 is 2.62 bits per heavy atom. The van der Waals surface area contributed by atoms with E-state index in [1.165, 1.54) is 4.90 Å². The van der Waals surface area contributed by atoms with Gasteiger partial charge in [0.15, 0.2) is 0 Å². The molecule has 88 valence electrons. The number of carbonyl (C=O) groups is 2. The van der Waals surface area contributed by atoms with Crippen molar-refractivity contribution in [2.24, 2.45) is 0 Å². The highest BCUT2D eigenvalue weighted by atomic mass is 16.2. The minimum Gasteiger partial charge on any atom is -0.323 e. The summed E-state index contributed by atoms with van der Waals surface area (Å²) >= 11 is 0. The molecule has 1 heterocycles. The van der Waals surface area contributed by atoms with E-state index >= 15 is 0 Å². The number of nitriles is 1. The SMILES string of the molecule is CCC1(C)NC(=O)N(CCCCC#N)C1=O. The van der Waals surface area contributed by atoms with Gasteiger partial charge in [0.05, 0.1) is 6.07 Å². The summed E-state index contributed by atoms with van der Waals surface area (Å²) in [7, 11) is 0. The first-order chi connectivity index (χ1) is 7.55. The molecule has 3 amide bonds. The van der Waals surface area contributed by atoms with Crippen molar-refractivity contribution in [1.82, 2.24) is 10.2 Å². The summed E-state index contributed by atoms with van der Waals surface area (Å²) < 4.78 is 0. The second-order valence-corrected chi connectivity index (χ2v) is 4.19. The van der Waals surface area contributed by atoms with E-state index in [-0.39, 0.29) is 11.9 Å². The van der Waals surface area contributed by atoms with Gasteiger partial charge in [-0.1, -0.05) is 6.92 Å². The van der Waals surface area contributed by atoms with Crippen LogP contribution in [0, 0.1) is 11.3 Å². The number of carbonyl (C=O) groups excluding carboxylic acids is 2. The first kappa shape index (κ1) is 12.5. The topological polar surface area (TPSA) is 73.2 Å². The van der Waals surface area contributed by atoms with Crippen molar-refractivity contribution >= 4 is 11.9 Å². The number of rotatable bonds is 5. The second kappa shape index (κ2) is 4.97. The van der Waals surface area contributed by atoms with Crippen LogP contribution in [-0.2, 0) is 4.79 Å². The molecule has 0 aromatic heterocycles. The average molecular weight is 223 g/mol. The van der Waals surface area contributed by atoms with Crippen molar-refractivity contribution in [3.8, 4) is 6.07 Å². The Morgan fingerprint density at radius 2 is 2.12 bits per heavy atom. The molecule has 5 heteroatoms. The van der Waals surface area contributed by atoms with Gasteiger partial charge in [0, 0.05) is 13.0 Å². The molecule has 1 N–H and O–H groups in total. The molecule has 1 fully saturated rings. The molecular formula is C11H17N3O2. The van der Waals surface area contributed by atoms with Crippen LogP contribution < -0.4 is 5.32 Å². The third kappa shape index (κ3) is 2.32. The van der Waals surface area contributed by atoms with Gasteiger partial charge in [0.25, 0.3) is 5.91 Å². The molecular weight excluding hydrogens is 206 g/mol. The molecule has 0 aromatic rings. The zero-order valence-electron chi connectivity index (χ0n) is 9.75. The van der Waals surface area contributed by atoms with E-state index < -0.39 is 5.54 Å². The van der Waals surface area contributed by atoms with Crippen molar-refractivity contribution in [1.29, 1.82) is 5.26 Å². The summed E-state index contributed by atoms with van der Waals surface area (Å²) in [6.45, 7) is 4.02. The molecule has 0 spiro atoms. The minimum atomic E-state index is -0.744. The molecule has 1 unspecified atom stereocenters. The van der Waals surface area contributed by atoms with E-state index in [9.17, 15) is 9.59 Å². The standard InChI is InChI=1S/C11H17N3O2/c1-3-11(2)9(15)14(10(16)13-11)8-6-4-5-7-12/h3-6,8H2,1-2H3,(H,13,16). The van der Waals surface area contributed by atoms with E-state index in [2.05, 4.69) is 5.32 Å². The van der Waals surface area contributed by atoms with Gasteiger partial charge in [0.1, 0.15) is 5.54 Å². The number of hydrogen-bond donors (Lipinski definition) is 1. The molecule has 0 radical (unpaired) electrons. The number of nitrogens with zero attached hydrogens (tertiary/aromatic N) is 2. The fourth-order valence-corrected chi connectivity index (χ4v) is 1.66. The van der Waals surface area contributed by atoms with Crippen LogP contribution in [0.1, 0.15) is 39.5 Å². The van der Waals surface area contributed by atoms with Crippen LogP contribution >= 0.6 is 0 Å². The van der Waals surface area contributed by atoms with Gasteiger partial charge < -0.3 is 5.32 Å². The van der Waals surface area contributed by atoms with E-state index in [1.54, 1.807) is 6.92 Å². The normalized spacial score (nSPS) is 24.4. The van der Waals surface area contributed by atoms with Crippen LogP contribution in [0.15, 0.2) is 0 Å². The molecule has 1 atom stereocenters. The number of imide groups is 1. The predicted octanol–water partition coefficient (Wildman–Crippen LogP) is 1.40. The number of amides is 3. The number of nitrogens with one attached hydrogen (secondary N) is 1. The number of unbranched alkanes of at least 4 members (excludes halogenated alkanes) is 2. The molecule has 5 nitrogen and oxygen atoms in total. The van der Waals surface area contributed by atoms with Crippen molar-refractivity contribution in [3.05, 3.63) is 0 Å². The van der Waals surface area contributed by atoms with Gasteiger partial charge >= 0.3 is 6.03 Å². The third-order valence-corrected chi connectivity index (χ3v) is 2.97. The molecule has 1 rings (SSSR count). The van der Waals surface area contributed by atoms with Gasteiger partial charge in [-0.2, -0.15) is 5.26 Å². The van der Waals surface area contributed by atoms with Crippen molar-refractivity contribution in [2.45, 2.75) is 45.1 Å². The quantitative estimate of drug-likeness (QED) is 0.565. The first-order valence-corrected chi connectivity index (χ1v) is 5.56. The van der Waals surface area contributed by atoms with Crippen LogP contribution in [0.4, 0.5) is 4.79 Å². The van der Waals surface area contributed by atoms with Gasteiger partial charge in [-0.05, 0) is 26.2 Å². The van der Waals surface area contributed by atoms with Crippen LogP contribution in [0.25, 0.3) is 0 Å². The summed E-state index contributed by atoms with van der Waals surface area (Å²) in [6.07, 6.45) is 2.46. The van der Waals surface area contributed by atoms with Gasteiger partial charge in [0.2, 0.25) is 0 Å². The monoisotopic (exact) mass is 223 g/mol. The van der Waals surface area contributed by atoms with Crippen LogP contribution in [0.3, 0.4) is 0 Å². The molecule has 1 aliphatic rings. The lowest BCUT2D eigenvalue weighted by molar-refractivity contribution is -0.130. The van der Waals surface area contributed by atoms with Crippen molar-refractivity contribution < 1.29 is 9.59 Å². The molecule has 0 aromatic carbocycles. The Labute approximate surface area is 95.4 Å². The molecule has 0 bridgehead atoms. The molecule has 0 aliphatic carbocycles. The van der Waals surface area contributed by atoms with Gasteiger partial charge in [-0.3, -0.25) is 9.69 Å². The lowest BCUT2D eigenvalue weighted by atomic mass is 9.99. The summed E-state index contributed by atoms with van der Waals surface area (Å²) in [4.78, 5) is 24.7. The smallest absolute Gasteiger partial charge is 0.323 e. The predicted molar refractivity (Wildman–Crippen MR) is 58.4 cm³/mol. The molecule has 1 aliphatic heterocycles. The largest absolute Gasteiger partial charge is 0.325 e. The lowest BCUT2D eigenvalue weighted by Gasteiger charge is -2.19. The average Bonchev–Trinajstić information content (AvgIpc) is 2.48. The van der Waals surface area contributed by atoms with Crippen LogP contribution in [0.2, 0.25) is 0 Å². The van der Waals surface area contributed by atoms with E-state index in [1.807, 2.05) is 13.0 Å². The molecule has 16 heavy (non-hydrogen) atoms. The Morgan fingerprint density at radius 1 is 1.44 bits per heavy atom. The first-order valence-electron chi connectivity index (χ1n) is 5.56. The summed E-state index contributed by atoms with van der Waals surface area (Å²) in [5.41, 5.74) is -0.744. The highest BCUT2D eigenvalue weighted by molar-refractivity contribution is 6.06. The Kier molecular flexibility index (Phi) is 3.88. The lowest BCUT2D eigenvalue weighted by Crippen LogP contribution is -2.43. The number of hydrogen-bond acceptors (Lipinski definition) is 3. The minimum absolute atomic E-state index is 0.156. The Bertz CT molecular complexity index is 335. The highest BCUT2D eigenvalue weighted by Gasteiger charge is 2.45. The highest BCUT2D eigenvalue weighted by Crippen LogP contribution is 2.21. The van der Waals surface area contributed by atoms with Gasteiger partial charge in [-0.25, -0.2) is 4.79 Å². The maximum Gasteiger partial charge on any atom is 0.325 e. The van der Waals surface area contributed by atoms with Gasteiger partial charge in [-0.15, -0.1) is 0 Å². The maximum atomic E-state index is 11.9. The maximum absolute atomic E-state index is 11.9. The fourth-order valence-electron chi connectivity index (χ4n) is 1.66. The summed E-state index contributed by atoms with van der Waals surface area (Å²) in [5, 5.41) is 11.1. The van der Waals surface area contributed by atoms with E-state index in [0.717, 1.165) is 6.42 Å². The summed E-state index contributed by atoms with van der Waals surface area (Å²) in [5.74, 6) is -0.156. The Balaban J connectivity index is 2.52. The molecule has 1 saturated heterocycles. The van der Waals surface area contributed by atoms with E-state index in [0.29, 0.717) is 25.8 Å². The van der Waals surface area contributed by atoms with Crippen LogP contribution in [0.5, 0.6) is 0 Å². The fraction of sp³-hybridized carbons (Fsp3) is 0.727. The third-order valence-electron chi connectivity index (χ3n) is 2.97. The Hall–Kier alpha value is -1.57. The van der Waals surface area contributed by atoms with Crippen LogP contribution in [-0.4, -0.2) is 28.9 Å².